The zero-order valence-electron chi connectivity index (χ0n) is 46.4. The Labute approximate surface area is 493 Å². The number of hydrogen-bond acceptors (Lipinski definition) is 2. The first-order valence-electron chi connectivity index (χ1n) is 29.5. The molecule has 18 aromatic rings. The van der Waals surface area contributed by atoms with E-state index in [1.54, 1.807) is 0 Å². The molecule has 0 amide bonds. The second-order valence-corrected chi connectivity index (χ2v) is 22.9. The summed E-state index contributed by atoms with van der Waals surface area (Å²) < 4.78 is 9.60. The Balaban J connectivity index is 0.797. The van der Waals surface area contributed by atoms with E-state index < -0.39 is 0 Å². The molecule has 1 aliphatic carbocycles. The zero-order chi connectivity index (χ0) is 56.1. The molecule has 1 aliphatic rings. The summed E-state index contributed by atoms with van der Waals surface area (Å²) >= 11 is 0. The van der Waals surface area contributed by atoms with Crippen LogP contribution in [0.4, 0.5) is 0 Å². The van der Waals surface area contributed by atoms with Crippen LogP contribution in [0.3, 0.4) is 0 Å². The molecule has 0 saturated heterocycles. The molecule has 6 nitrogen and oxygen atoms in total. The Kier molecular flexibility index (Phi) is 9.80. The third-order valence-electron chi connectivity index (χ3n) is 18.3. The Morgan fingerprint density at radius 1 is 0.233 bits per heavy atom. The smallest absolute Gasteiger partial charge is 0.162 e. The maximum atomic E-state index is 5.84. The van der Waals surface area contributed by atoms with Gasteiger partial charge in [-0.15, -0.1) is 0 Å². The van der Waals surface area contributed by atoms with E-state index in [9.17, 15) is 0 Å². The van der Waals surface area contributed by atoms with Gasteiger partial charge in [-0.25, -0.2) is 9.97 Å². The van der Waals surface area contributed by atoms with Crippen molar-refractivity contribution in [2.75, 3.05) is 0 Å². The molecule has 398 valence electrons. The van der Waals surface area contributed by atoms with Crippen LogP contribution in [0.15, 0.2) is 291 Å². The summed E-state index contributed by atoms with van der Waals surface area (Å²) in [6, 6.07) is 106. The predicted molar refractivity (Wildman–Crippen MR) is 358 cm³/mol. The molecule has 0 aliphatic heterocycles. The lowest BCUT2D eigenvalue weighted by molar-refractivity contribution is 1.05. The van der Waals surface area contributed by atoms with Crippen molar-refractivity contribution in [3.05, 3.63) is 291 Å². The Bertz CT molecular complexity index is 5890. The Morgan fingerprint density at radius 3 is 1.20 bits per heavy atom. The summed E-state index contributed by atoms with van der Waals surface area (Å²) in [7, 11) is 0. The van der Waals surface area contributed by atoms with Gasteiger partial charge in [-0.3, -0.25) is 4.57 Å². The molecular weight excluding hydrogens is 1040 g/mol. The van der Waals surface area contributed by atoms with Crippen molar-refractivity contribution in [3.63, 3.8) is 0 Å². The second kappa shape index (κ2) is 18.0. The van der Waals surface area contributed by atoms with E-state index in [4.69, 9.17) is 9.97 Å². The van der Waals surface area contributed by atoms with Gasteiger partial charge in [0.05, 0.1) is 55.4 Å². The minimum Gasteiger partial charge on any atom is -0.309 e. The zero-order valence-corrected chi connectivity index (χ0v) is 46.4. The number of rotatable bonds is 7. The molecule has 0 saturated carbocycles. The fourth-order valence-electron chi connectivity index (χ4n) is 14.5. The molecular formula is C80H48N6. The average molecular weight is 1090 g/mol. The van der Waals surface area contributed by atoms with Crippen molar-refractivity contribution in [2.24, 2.45) is 0 Å². The molecule has 0 unspecified atom stereocenters. The third kappa shape index (κ3) is 6.72. The second-order valence-electron chi connectivity index (χ2n) is 22.9. The van der Waals surface area contributed by atoms with Gasteiger partial charge < -0.3 is 13.7 Å². The molecule has 0 atom stereocenters. The summed E-state index contributed by atoms with van der Waals surface area (Å²) in [5.41, 5.74) is 22.3. The Morgan fingerprint density at radius 2 is 0.640 bits per heavy atom. The highest BCUT2D eigenvalue weighted by Crippen LogP contribution is 2.51. The fourth-order valence-corrected chi connectivity index (χ4v) is 14.5. The topological polar surface area (TPSA) is 45.5 Å². The van der Waals surface area contributed by atoms with Gasteiger partial charge >= 0.3 is 0 Å². The van der Waals surface area contributed by atoms with Crippen molar-refractivity contribution >= 4 is 98.0 Å². The van der Waals surface area contributed by atoms with Gasteiger partial charge in [0.2, 0.25) is 0 Å². The van der Waals surface area contributed by atoms with Crippen LogP contribution in [0.25, 0.3) is 177 Å². The molecule has 0 spiro atoms. The number of nitrogens with zero attached hydrogens (tertiary/aromatic N) is 6. The number of para-hydroxylation sites is 6. The van der Waals surface area contributed by atoms with Gasteiger partial charge in [0.15, 0.2) is 5.82 Å². The monoisotopic (exact) mass is 1090 g/mol. The van der Waals surface area contributed by atoms with Crippen LogP contribution in [0.2, 0.25) is 0 Å². The van der Waals surface area contributed by atoms with Crippen LogP contribution >= 0.6 is 0 Å². The fraction of sp³-hybridized carbons (Fsp3) is 0. The third-order valence-corrected chi connectivity index (χ3v) is 18.3. The van der Waals surface area contributed by atoms with Crippen LogP contribution in [0.5, 0.6) is 0 Å². The molecule has 0 N–H and O–H groups in total. The van der Waals surface area contributed by atoms with Gasteiger partial charge in [-0.2, -0.15) is 0 Å². The minimum atomic E-state index is 0.664. The SMILES string of the molecule is c1ccc(-n2c3ccccc3c3cc(-c4ccc5c6ccccc6n(-c6cccc(-c7nc8c(c(-n9c%10ccccc%10c%10ccc(-c%11ccc%12c(c%11)c%11ccccc%11n%12-c%11ccccc%11)cc%109)n7)-c7cccc9cccc-8c79)c6)c5c4)ccc32)cc1. The van der Waals surface area contributed by atoms with Crippen LogP contribution in [-0.2, 0) is 0 Å². The number of fused-ring (bicyclic) bond motifs is 15. The lowest BCUT2D eigenvalue weighted by atomic mass is 10.0. The Hall–Kier alpha value is -11.6. The van der Waals surface area contributed by atoms with E-state index in [1.165, 1.54) is 81.5 Å². The average Bonchev–Trinajstić information content (AvgIpc) is 2.58. The highest BCUT2D eigenvalue weighted by atomic mass is 15.1. The molecule has 5 aromatic heterocycles. The highest BCUT2D eigenvalue weighted by Gasteiger charge is 2.30. The summed E-state index contributed by atoms with van der Waals surface area (Å²) in [6.07, 6.45) is 0. The molecule has 13 aromatic carbocycles. The van der Waals surface area contributed by atoms with E-state index >= 15 is 0 Å². The van der Waals surface area contributed by atoms with Crippen LogP contribution in [0, 0.1) is 0 Å². The predicted octanol–water partition coefficient (Wildman–Crippen LogP) is 20.7. The molecule has 0 radical (unpaired) electrons. The first kappa shape index (κ1) is 46.9. The van der Waals surface area contributed by atoms with Gasteiger partial charge in [-0.05, 0) is 136 Å². The standard InChI is InChI=1S/C80H48N6/c1-3-21-55(22-4-1)83-69-33-12-9-28-60(69)66-45-50(38-42-72(66)83)52-36-40-62-58-26-7-11-32-68(58)85(74(62)47-52)57-25-15-20-54(44-57)79-81-78-65-31-17-19-49-18-16-30-64(76(49)65)77(78)80(82-79)86-71-35-14-8-27-59(71)63-41-37-53(48-75(63)86)51-39-43-73-67(46-51)61-29-10-13-34-70(61)84(73)56-23-5-2-6-24-56/h1-48H. The van der Waals surface area contributed by atoms with E-state index in [2.05, 4.69) is 309 Å². The van der Waals surface area contributed by atoms with Crippen molar-refractivity contribution in [1.29, 1.82) is 0 Å². The normalized spacial score (nSPS) is 12.2. The number of benzene rings is 13. The van der Waals surface area contributed by atoms with E-state index in [1.807, 2.05) is 0 Å². The first-order chi connectivity index (χ1) is 42.7. The highest BCUT2D eigenvalue weighted by molar-refractivity contribution is 6.19. The van der Waals surface area contributed by atoms with Crippen LogP contribution in [-0.4, -0.2) is 28.2 Å². The van der Waals surface area contributed by atoms with Crippen molar-refractivity contribution in [3.8, 4) is 78.9 Å². The number of hydrogen-bond donors (Lipinski definition) is 0. The summed E-state index contributed by atoms with van der Waals surface area (Å²) in [4.78, 5) is 11.5. The maximum absolute atomic E-state index is 5.84. The van der Waals surface area contributed by atoms with Gasteiger partial charge in [0.1, 0.15) is 5.82 Å². The molecule has 86 heavy (non-hydrogen) atoms. The molecule has 19 rings (SSSR count). The first-order valence-corrected chi connectivity index (χ1v) is 29.5. The van der Waals surface area contributed by atoms with Gasteiger partial charge in [-0.1, -0.05) is 194 Å². The molecule has 5 heterocycles. The maximum Gasteiger partial charge on any atom is 0.162 e. The largest absolute Gasteiger partial charge is 0.309 e. The van der Waals surface area contributed by atoms with Crippen LogP contribution < -0.4 is 0 Å². The lowest BCUT2D eigenvalue weighted by Gasteiger charge is -2.16. The molecule has 0 bridgehead atoms. The quantitative estimate of drug-likeness (QED) is 0.160. The van der Waals surface area contributed by atoms with E-state index in [0.29, 0.717) is 5.82 Å². The number of aromatic nitrogens is 6. The molecule has 6 heteroatoms. The van der Waals surface area contributed by atoms with E-state index in [-0.39, 0.29) is 0 Å². The molecule has 0 fully saturated rings. The van der Waals surface area contributed by atoms with Crippen molar-refractivity contribution in [1.82, 2.24) is 28.2 Å². The lowest BCUT2D eigenvalue weighted by Crippen LogP contribution is -2.05. The summed E-state index contributed by atoms with van der Waals surface area (Å²) in [5.74, 6) is 1.52. The van der Waals surface area contributed by atoms with E-state index in [0.717, 1.165) is 89.6 Å². The summed E-state index contributed by atoms with van der Waals surface area (Å²) in [6.45, 7) is 0. The van der Waals surface area contributed by atoms with Crippen molar-refractivity contribution in [2.45, 2.75) is 0 Å². The van der Waals surface area contributed by atoms with Crippen molar-refractivity contribution < 1.29 is 0 Å². The van der Waals surface area contributed by atoms with Gasteiger partial charge in [0, 0.05) is 71.3 Å². The summed E-state index contributed by atoms with van der Waals surface area (Å²) in [5, 5.41) is 12.0. The minimum absolute atomic E-state index is 0.664. The van der Waals surface area contributed by atoms with Crippen LogP contribution in [0.1, 0.15) is 0 Å². The van der Waals surface area contributed by atoms with Gasteiger partial charge in [0.25, 0.3) is 0 Å².